The van der Waals surface area contributed by atoms with Gasteiger partial charge in [-0.05, 0) is 25.0 Å². The Morgan fingerprint density at radius 1 is 1.05 bits per heavy atom. The van der Waals surface area contributed by atoms with Crippen molar-refractivity contribution in [2.45, 2.75) is 32.1 Å². The van der Waals surface area contributed by atoms with Crippen LogP contribution in [0.3, 0.4) is 0 Å². The summed E-state index contributed by atoms with van der Waals surface area (Å²) in [6.07, 6.45) is 3.38. The fourth-order valence-corrected chi connectivity index (χ4v) is 2.33. The number of carbonyl (C=O) groups is 2. The molecule has 0 spiro atoms. The molecule has 4 nitrogen and oxygen atoms in total. The summed E-state index contributed by atoms with van der Waals surface area (Å²) >= 11 is 11.9. The van der Waals surface area contributed by atoms with Gasteiger partial charge in [0.25, 0.3) is 5.91 Å². The number of carboxylic acid groups (broad SMARTS) is 1. The van der Waals surface area contributed by atoms with Crippen molar-refractivity contribution in [2.24, 2.45) is 0 Å². The quantitative estimate of drug-likeness (QED) is 0.717. The van der Waals surface area contributed by atoms with E-state index in [1.165, 1.54) is 0 Å². The van der Waals surface area contributed by atoms with Gasteiger partial charge in [-0.3, -0.25) is 9.59 Å². The molecule has 0 aliphatic carbocycles. The number of benzene rings is 1. The van der Waals surface area contributed by atoms with Crippen molar-refractivity contribution < 1.29 is 14.7 Å². The maximum Gasteiger partial charge on any atom is 0.303 e. The van der Waals surface area contributed by atoms with Gasteiger partial charge in [0.1, 0.15) is 0 Å². The van der Waals surface area contributed by atoms with E-state index in [4.69, 9.17) is 28.3 Å². The third kappa shape index (κ3) is 5.80. The van der Waals surface area contributed by atoms with E-state index in [0.29, 0.717) is 28.6 Å². The molecule has 0 saturated carbocycles. The average molecular weight is 318 g/mol. The molecule has 1 amide bonds. The number of unbranched alkanes of at least 4 members (excludes halogenated alkanes) is 3. The first kappa shape index (κ1) is 16.8. The first-order valence-corrected chi connectivity index (χ1v) is 7.22. The van der Waals surface area contributed by atoms with Crippen LogP contribution in [0.15, 0.2) is 18.2 Å². The second-order valence-electron chi connectivity index (χ2n) is 4.41. The molecule has 0 aromatic heterocycles. The number of amides is 1. The highest BCUT2D eigenvalue weighted by Crippen LogP contribution is 2.23. The van der Waals surface area contributed by atoms with E-state index in [0.717, 1.165) is 19.3 Å². The molecule has 2 N–H and O–H groups in total. The fourth-order valence-electron chi connectivity index (χ4n) is 1.76. The minimum atomic E-state index is -0.772. The van der Waals surface area contributed by atoms with E-state index in [-0.39, 0.29) is 12.3 Å². The predicted octanol–water partition coefficient (Wildman–Crippen LogP) is 3.76. The summed E-state index contributed by atoms with van der Waals surface area (Å²) in [5.41, 5.74) is 0.293. The molecule has 0 saturated heterocycles. The van der Waals surface area contributed by atoms with E-state index in [1.807, 2.05) is 0 Å². The molecule has 0 bridgehead atoms. The number of halogens is 2. The zero-order chi connectivity index (χ0) is 15.0. The molecular formula is C14H17Cl2NO3. The summed E-state index contributed by atoms with van der Waals surface area (Å²) in [5, 5.41) is 11.9. The standard InChI is InChI=1S/C14H17Cl2NO3/c15-10-6-5-7-11(16)13(10)14(20)17-9-4-2-1-3-8-12(18)19/h5-7H,1-4,8-9H2,(H,17,20)(H,18,19). The van der Waals surface area contributed by atoms with Crippen molar-refractivity contribution >= 4 is 35.1 Å². The molecule has 0 atom stereocenters. The molecule has 6 heteroatoms. The second-order valence-corrected chi connectivity index (χ2v) is 5.22. The molecule has 0 aliphatic heterocycles. The molecule has 1 aromatic rings. The zero-order valence-corrected chi connectivity index (χ0v) is 12.5. The van der Waals surface area contributed by atoms with Crippen LogP contribution in [0.1, 0.15) is 42.5 Å². The lowest BCUT2D eigenvalue weighted by atomic mass is 10.1. The Kier molecular flexibility index (Phi) is 7.41. The summed E-state index contributed by atoms with van der Waals surface area (Å²) in [4.78, 5) is 22.2. The van der Waals surface area contributed by atoms with Gasteiger partial charge in [-0.1, -0.05) is 42.1 Å². The topological polar surface area (TPSA) is 66.4 Å². The molecule has 0 aliphatic rings. The summed E-state index contributed by atoms with van der Waals surface area (Å²) in [6.45, 7) is 0.521. The maximum atomic E-state index is 11.9. The van der Waals surface area contributed by atoms with E-state index in [2.05, 4.69) is 5.32 Å². The number of rotatable bonds is 8. The lowest BCUT2D eigenvalue weighted by Crippen LogP contribution is -2.25. The highest BCUT2D eigenvalue weighted by atomic mass is 35.5. The van der Waals surface area contributed by atoms with Crippen LogP contribution in [-0.2, 0) is 4.79 Å². The minimum Gasteiger partial charge on any atom is -0.481 e. The van der Waals surface area contributed by atoms with Crippen molar-refractivity contribution in [3.63, 3.8) is 0 Å². The number of carbonyl (C=O) groups excluding carboxylic acids is 1. The smallest absolute Gasteiger partial charge is 0.303 e. The molecule has 0 fully saturated rings. The number of aliphatic carboxylic acids is 1. The molecule has 0 radical (unpaired) electrons. The molecule has 0 unspecified atom stereocenters. The molecule has 20 heavy (non-hydrogen) atoms. The number of hydrogen-bond acceptors (Lipinski definition) is 2. The van der Waals surface area contributed by atoms with Gasteiger partial charge in [0.05, 0.1) is 15.6 Å². The molecule has 110 valence electrons. The van der Waals surface area contributed by atoms with Gasteiger partial charge in [-0.15, -0.1) is 0 Å². The van der Waals surface area contributed by atoms with Crippen molar-refractivity contribution in [2.75, 3.05) is 6.54 Å². The zero-order valence-electron chi connectivity index (χ0n) is 11.0. The lowest BCUT2D eigenvalue weighted by Gasteiger charge is -2.08. The van der Waals surface area contributed by atoms with Crippen molar-refractivity contribution in [3.05, 3.63) is 33.8 Å². The third-order valence-corrected chi connectivity index (χ3v) is 3.42. The predicted molar refractivity (Wildman–Crippen MR) is 79.5 cm³/mol. The monoisotopic (exact) mass is 317 g/mol. The van der Waals surface area contributed by atoms with E-state index in [9.17, 15) is 9.59 Å². The fraction of sp³-hybridized carbons (Fsp3) is 0.429. The van der Waals surface area contributed by atoms with Gasteiger partial charge in [0, 0.05) is 13.0 Å². The van der Waals surface area contributed by atoms with Gasteiger partial charge in [-0.25, -0.2) is 0 Å². The van der Waals surface area contributed by atoms with Crippen molar-refractivity contribution in [1.29, 1.82) is 0 Å². The van der Waals surface area contributed by atoms with Crippen LogP contribution in [-0.4, -0.2) is 23.5 Å². The number of hydrogen-bond donors (Lipinski definition) is 2. The summed E-state index contributed by atoms with van der Waals surface area (Å²) < 4.78 is 0. The average Bonchev–Trinajstić information content (AvgIpc) is 2.37. The molecule has 1 aromatic carbocycles. The number of nitrogens with one attached hydrogen (secondary N) is 1. The molecule has 0 heterocycles. The van der Waals surface area contributed by atoms with Gasteiger partial charge in [0.2, 0.25) is 0 Å². The van der Waals surface area contributed by atoms with E-state index < -0.39 is 5.97 Å². The highest BCUT2D eigenvalue weighted by molar-refractivity contribution is 6.39. The Hall–Kier alpha value is -1.26. The first-order chi connectivity index (χ1) is 9.52. The van der Waals surface area contributed by atoms with Crippen LogP contribution in [0.25, 0.3) is 0 Å². The lowest BCUT2D eigenvalue weighted by molar-refractivity contribution is -0.137. The molecule has 1 rings (SSSR count). The van der Waals surface area contributed by atoms with E-state index >= 15 is 0 Å². The Bertz CT molecular complexity index is 457. The Labute approximate surface area is 128 Å². The summed E-state index contributed by atoms with van der Waals surface area (Å²) in [7, 11) is 0. The van der Waals surface area contributed by atoms with Crippen molar-refractivity contribution in [1.82, 2.24) is 5.32 Å². The minimum absolute atomic E-state index is 0.196. The largest absolute Gasteiger partial charge is 0.481 e. The van der Waals surface area contributed by atoms with Crippen molar-refractivity contribution in [3.8, 4) is 0 Å². The van der Waals surface area contributed by atoms with Crippen LogP contribution in [0.5, 0.6) is 0 Å². The summed E-state index contributed by atoms with van der Waals surface area (Å²) in [6, 6.07) is 4.92. The normalized spacial score (nSPS) is 10.3. The third-order valence-electron chi connectivity index (χ3n) is 2.79. The Morgan fingerprint density at radius 3 is 2.25 bits per heavy atom. The second kappa shape index (κ2) is 8.82. The highest BCUT2D eigenvalue weighted by Gasteiger charge is 2.13. The van der Waals surface area contributed by atoms with Crippen LogP contribution in [0.4, 0.5) is 0 Å². The van der Waals surface area contributed by atoms with Gasteiger partial charge >= 0.3 is 5.97 Å². The van der Waals surface area contributed by atoms with Gasteiger partial charge in [0.15, 0.2) is 0 Å². The van der Waals surface area contributed by atoms with Crippen LogP contribution in [0.2, 0.25) is 10.0 Å². The summed E-state index contributed by atoms with van der Waals surface area (Å²) in [5.74, 6) is -1.06. The Morgan fingerprint density at radius 2 is 1.65 bits per heavy atom. The maximum absolute atomic E-state index is 11.9. The molecular weight excluding hydrogens is 301 g/mol. The SMILES string of the molecule is O=C(O)CCCCCCNC(=O)c1c(Cl)cccc1Cl. The number of carboxylic acids is 1. The van der Waals surface area contributed by atoms with Crippen LogP contribution in [0, 0.1) is 0 Å². The van der Waals surface area contributed by atoms with Gasteiger partial charge in [-0.2, -0.15) is 0 Å². The Balaban J connectivity index is 2.25. The van der Waals surface area contributed by atoms with Crippen LogP contribution < -0.4 is 5.32 Å². The first-order valence-electron chi connectivity index (χ1n) is 6.46. The van der Waals surface area contributed by atoms with Crippen LogP contribution >= 0.6 is 23.2 Å². The van der Waals surface area contributed by atoms with E-state index in [1.54, 1.807) is 18.2 Å². The van der Waals surface area contributed by atoms with Gasteiger partial charge < -0.3 is 10.4 Å².